The Kier molecular flexibility index (Phi) is 9.78. The summed E-state index contributed by atoms with van der Waals surface area (Å²) in [4.78, 5) is 26.1. The average molecular weight is 575 g/mol. The zero-order chi connectivity index (χ0) is 29.4. The third-order valence-electron chi connectivity index (χ3n) is 6.79. The number of nitrogens with zero attached hydrogens (tertiary/aromatic N) is 2. The van der Waals surface area contributed by atoms with Crippen molar-refractivity contribution in [2.45, 2.75) is 26.4 Å². The van der Waals surface area contributed by atoms with Crippen LogP contribution < -0.4 is 14.9 Å². The molecule has 1 heterocycles. The molecule has 1 atom stereocenters. The van der Waals surface area contributed by atoms with Crippen LogP contribution in [-0.4, -0.2) is 61.9 Å². The molecule has 0 radical (unpaired) electrons. The maximum Gasteiger partial charge on any atom is 0.322 e. The van der Waals surface area contributed by atoms with Gasteiger partial charge in [0.05, 0.1) is 0 Å². The molecular formula is C31H34N4O5S. The molecule has 1 aliphatic heterocycles. The molecule has 3 aromatic carbocycles. The smallest absolute Gasteiger partial charge is 0.322 e. The molecule has 3 N–H and O–H groups in total. The zero-order valence-corrected chi connectivity index (χ0v) is 23.9. The van der Waals surface area contributed by atoms with Gasteiger partial charge >= 0.3 is 5.97 Å². The topological polar surface area (TPSA) is 119 Å². The van der Waals surface area contributed by atoms with E-state index in [0.29, 0.717) is 25.2 Å². The lowest BCUT2D eigenvalue weighted by Crippen LogP contribution is -2.55. The van der Waals surface area contributed by atoms with Crippen LogP contribution >= 0.6 is 0 Å². The first-order valence-corrected chi connectivity index (χ1v) is 14.9. The van der Waals surface area contributed by atoms with E-state index >= 15 is 0 Å². The molecule has 0 spiro atoms. The van der Waals surface area contributed by atoms with E-state index in [2.05, 4.69) is 26.8 Å². The van der Waals surface area contributed by atoms with Crippen molar-refractivity contribution in [3.63, 3.8) is 0 Å². The summed E-state index contributed by atoms with van der Waals surface area (Å²) in [7, 11) is -3.91. The Bertz CT molecular complexity index is 1520. The average Bonchev–Trinajstić information content (AvgIpc) is 2.98. The summed E-state index contributed by atoms with van der Waals surface area (Å²) in [5, 5.41) is 12.3. The Labute approximate surface area is 241 Å². The minimum absolute atomic E-state index is 0.160. The van der Waals surface area contributed by atoms with Crippen LogP contribution in [0.15, 0.2) is 78.9 Å². The third-order valence-corrected chi connectivity index (χ3v) is 8.39. The zero-order valence-electron chi connectivity index (χ0n) is 23.1. The molecular weight excluding hydrogens is 540 g/mol. The van der Waals surface area contributed by atoms with E-state index in [9.17, 15) is 23.1 Å². The number of piperazine rings is 1. The van der Waals surface area contributed by atoms with Gasteiger partial charge in [0.25, 0.3) is 16.1 Å². The molecule has 9 nitrogen and oxygen atoms in total. The minimum atomic E-state index is -3.91. The maximum absolute atomic E-state index is 12.7. The van der Waals surface area contributed by atoms with Crippen LogP contribution in [0.1, 0.15) is 40.9 Å². The Hall–Kier alpha value is -4.17. The molecule has 3 aromatic rings. The van der Waals surface area contributed by atoms with Gasteiger partial charge in [-0.25, -0.2) is 0 Å². The maximum atomic E-state index is 12.7. The summed E-state index contributed by atoms with van der Waals surface area (Å²) >= 11 is 0. The van der Waals surface area contributed by atoms with Crippen molar-refractivity contribution >= 4 is 27.8 Å². The number of carboxylic acids is 1. The van der Waals surface area contributed by atoms with Crippen molar-refractivity contribution in [2.24, 2.45) is 5.92 Å². The fourth-order valence-corrected chi connectivity index (χ4v) is 5.90. The summed E-state index contributed by atoms with van der Waals surface area (Å²) in [5.74, 6) is 4.52. The van der Waals surface area contributed by atoms with Crippen molar-refractivity contribution in [1.82, 2.24) is 14.3 Å². The van der Waals surface area contributed by atoms with Gasteiger partial charge in [-0.05, 0) is 53.9 Å². The van der Waals surface area contributed by atoms with Gasteiger partial charge in [0.1, 0.15) is 6.04 Å². The van der Waals surface area contributed by atoms with Crippen molar-refractivity contribution in [2.75, 3.05) is 31.1 Å². The molecule has 0 saturated carbocycles. The predicted molar refractivity (Wildman–Crippen MR) is 159 cm³/mol. The van der Waals surface area contributed by atoms with Gasteiger partial charge in [0.2, 0.25) is 0 Å². The normalized spacial score (nSPS) is 14.7. The van der Waals surface area contributed by atoms with Crippen LogP contribution in [0.3, 0.4) is 0 Å². The lowest BCUT2D eigenvalue weighted by atomic mass is 10.1. The number of carbonyl (C=O) groups excluding carboxylic acids is 1. The number of carbonyl (C=O) groups is 2. The molecule has 1 aliphatic rings. The fraction of sp³-hybridized carbons (Fsp3) is 0.290. The number of anilines is 1. The first-order valence-electron chi connectivity index (χ1n) is 13.4. The Morgan fingerprint density at radius 1 is 0.878 bits per heavy atom. The van der Waals surface area contributed by atoms with Crippen LogP contribution in [0.25, 0.3) is 0 Å². The number of hydrogen-bond donors (Lipinski definition) is 3. The number of aliphatic carboxylic acids is 1. The van der Waals surface area contributed by atoms with Gasteiger partial charge in [0, 0.05) is 55.1 Å². The molecule has 0 aliphatic carbocycles. The summed E-state index contributed by atoms with van der Waals surface area (Å²) in [6, 6.07) is 23.4. The van der Waals surface area contributed by atoms with Crippen molar-refractivity contribution in [1.29, 1.82) is 0 Å². The number of carboxylic acid groups (broad SMARTS) is 1. The van der Waals surface area contributed by atoms with E-state index in [4.69, 9.17) is 0 Å². The number of hydrogen-bond acceptors (Lipinski definition) is 5. The van der Waals surface area contributed by atoms with Crippen LogP contribution in [-0.2, 0) is 21.5 Å². The molecule has 0 unspecified atom stereocenters. The van der Waals surface area contributed by atoms with E-state index < -0.39 is 22.2 Å². The molecule has 10 heteroatoms. The second kappa shape index (κ2) is 13.5. The Balaban J connectivity index is 1.32. The van der Waals surface area contributed by atoms with Crippen LogP contribution in [0, 0.1) is 17.8 Å². The van der Waals surface area contributed by atoms with E-state index in [1.807, 2.05) is 66.7 Å². The quantitative estimate of drug-likeness (QED) is 0.338. The van der Waals surface area contributed by atoms with Crippen molar-refractivity contribution < 1.29 is 23.1 Å². The Morgan fingerprint density at radius 2 is 1.54 bits per heavy atom. The van der Waals surface area contributed by atoms with Gasteiger partial charge in [-0.15, -0.1) is 0 Å². The van der Waals surface area contributed by atoms with Gasteiger partial charge in [-0.1, -0.05) is 62.1 Å². The SMILES string of the molecule is CC(C)[C@@H](NS(=O)(=O)N1CCN(c2ccc(C#Cc3cccc(C(=O)NCc4ccccc4)c3)cc2)CC1)C(=O)O. The molecule has 0 aromatic heterocycles. The predicted octanol–water partition coefficient (Wildman–Crippen LogP) is 3.08. The highest BCUT2D eigenvalue weighted by Gasteiger charge is 2.32. The van der Waals surface area contributed by atoms with Crippen LogP contribution in [0.5, 0.6) is 0 Å². The third kappa shape index (κ3) is 8.17. The van der Waals surface area contributed by atoms with E-state index in [1.165, 1.54) is 4.31 Å². The highest BCUT2D eigenvalue weighted by Crippen LogP contribution is 2.19. The van der Waals surface area contributed by atoms with Gasteiger partial charge in [0.15, 0.2) is 0 Å². The standard InChI is InChI=1S/C31H34N4O5S/c1-23(2)29(31(37)38)33-41(39,40)35-19-17-34(18-20-35)28-15-13-24(14-16-28)11-12-25-9-6-10-27(21-25)30(36)32-22-26-7-4-3-5-8-26/h3-10,13-16,21,23,29,33H,17-20,22H2,1-2H3,(H,32,36)(H,37,38)/t29-/m1/s1. The second-order valence-corrected chi connectivity index (χ2v) is 11.8. The molecule has 1 fully saturated rings. The fourth-order valence-electron chi connectivity index (χ4n) is 4.41. The molecule has 4 rings (SSSR count). The number of rotatable bonds is 9. The number of amides is 1. The minimum Gasteiger partial charge on any atom is -0.480 e. The molecule has 1 amide bonds. The van der Waals surface area contributed by atoms with Gasteiger partial charge in [-0.3, -0.25) is 9.59 Å². The van der Waals surface area contributed by atoms with E-state index in [0.717, 1.165) is 22.4 Å². The van der Waals surface area contributed by atoms with E-state index in [1.54, 1.807) is 26.0 Å². The van der Waals surface area contributed by atoms with Gasteiger partial charge in [-0.2, -0.15) is 17.4 Å². The summed E-state index contributed by atoms with van der Waals surface area (Å²) in [6.07, 6.45) is 0. The summed E-state index contributed by atoms with van der Waals surface area (Å²) in [6.45, 7) is 5.23. The molecule has 1 saturated heterocycles. The van der Waals surface area contributed by atoms with E-state index in [-0.39, 0.29) is 24.9 Å². The lowest BCUT2D eigenvalue weighted by molar-refractivity contribution is -0.140. The van der Waals surface area contributed by atoms with Gasteiger partial charge < -0.3 is 15.3 Å². The monoisotopic (exact) mass is 574 g/mol. The van der Waals surface area contributed by atoms with Crippen LogP contribution in [0.2, 0.25) is 0 Å². The number of nitrogens with one attached hydrogen (secondary N) is 2. The molecule has 214 valence electrons. The summed E-state index contributed by atoms with van der Waals surface area (Å²) in [5.41, 5.74) is 4.06. The first kappa shape index (κ1) is 29.8. The number of benzene rings is 3. The second-order valence-electron chi connectivity index (χ2n) is 10.1. The molecule has 41 heavy (non-hydrogen) atoms. The summed E-state index contributed by atoms with van der Waals surface area (Å²) < 4.78 is 29.1. The van der Waals surface area contributed by atoms with Crippen molar-refractivity contribution in [3.8, 4) is 11.8 Å². The Morgan fingerprint density at radius 3 is 2.17 bits per heavy atom. The largest absolute Gasteiger partial charge is 0.480 e. The highest BCUT2D eigenvalue weighted by atomic mass is 32.2. The van der Waals surface area contributed by atoms with Crippen LogP contribution in [0.4, 0.5) is 5.69 Å². The molecule has 0 bridgehead atoms. The van der Waals surface area contributed by atoms with Crippen molar-refractivity contribution in [3.05, 3.63) is 101 Å². The highest BCUT2D eigenvalue weighted by molar-refractivity contribution is 7.87. The first-order chi connectivity index (χ1) is 19.6. The lowest BCUT2D eigenvalue weighted by Gasteiger charge is -2.36.